The molecule has 1 aromatic carbocycles. The zero-order valence-corrected chi connectivity index (χ0v) is 14.8. The molecule has 110 valence electrons. The number of amides is 1. The fourth-order valence-electron chi connectivity index (χ4n) is 2.40. The van der Waals surface area contributed by atoms with E-state index in [1.807, 2.05) is 6.07 Å². The Balaban J connectivity index is 1.97. The Morgan fingerprint density at radius 2 is 2.10 bits per heavy atom. The van der Waals surface area contributed by atoms with E-state index in [0.717, 1.165) is 36.0 Å². The first-order valence-electron chi connectivity index (χ1n) is 6.81. The molecule has 5 heteroatoms. The number of hydrogen-bond acceptors (Lipinski definition) is 2. The smallest absolute Gasteiger partial charge is 0.252 e. The number of nitrogens with zero attached hydrogens (tertiary/aromatic N) is 1. The van der Waals surface area contributed by atoms with Gasteiger partial charge in [-0.3, -0.25) is 4.79 Å². The first kappa shape index (κ1) is 16.0. The molecule has 0 aliphatic carbocycles. The lowest BCUT2D eigenvalue weighted by Gasteiger charge is -2.38. The molecule has 1 heterocycles. The van der Waals surface area contributed by atoms with Gasteiger partial charge in [-0.05, 0) is 79.2 Å². The molecular formula is C15H20ClIN2O. The highest BCUT2D eigenvalue weighted by Gasteiger charge is 2.29. The second kappa shape index (κ2) is 6.62. The molecule has 20 heavy (non-hydrogen) atoms. The van der Waals surface area contributed by atoms with Crippen LogP contribution in [0.1, 0.15) is 30.1 Å². The lowest BCUT2D eigenvalue weighted by molar-refractivity contribution is 0.0890. The van der Waals surface area contributed by atoms with Gasteiger partial charge in [-0.1, -0.05) is 18.5 Å². The number of piperidine rings is 1. The maximum Gasteiger partial charge on any atom is 0.252 e. The summed E-state index contributed by atoms with van der Waals surface area (Å²) in [5, 5.41) is 3.67. The minimum atomic E-state index is -0.0305. The predicted molar refractivity (Wildman–Crippen MR) is 91.3 cm³/mol. The number of benzene rings is 1. The van der Waals surface area contributed by atoms with E-state index in [4.69, 9.17) is 11.6 Å². The molecule has 1 amide bonds. The molecule has 3 nitrogen and oxygen atoms in total. The topological polar surface area (TPSA) is 32.3 Å². The second-order valence-corrected chi connectivity index (χ2v) is 7.52. The van der Waals surface area contributed by atoms with Crippen LogP contribution in [-0.2, 0) is 0 Å². The van der Waals surface area contributed by atoms with Crippen molar-refractivity contribution >= 4 is 40.1 Å². The number of hydrogen-bond donors (Lipinski definition) is 1. The van der Waals surface area contributed by atoms with Crippen molar-refractivity contribution < 1.29 is 4.79 Å². The quantitative estimate of drug-likeness (QED) is 0.780. The molecule has 1 N–H and O–H groups in total. The maximum atomic E-state index is 12.3. The normalized spacial score (nSPS) is 18.8. The SMILES string of the molecule is CN1CCC(C)(CNC(=O)c2cc(Cl)ccc2I)CC1. The van der Waals surface area contributed by atoms with Crippen LogP contribution >= 0.6 is 34.2 Å². The lowest BCUT2D eigenvalue weighted by Crippen LogP contribution is -2.43. The van der Waals surface area contributed by atoms with Gasteiger partial charge in [0.25, 0.3) is 5.91 Å². The molecule has 1 aliphatic rings. The first-order chi connectivity index (χ1) is 9.39. The van der Waals surface area contributed by atoms with Crippen LogP contribution < -0.4 is 5.32 Å². The van der Waals surface area contributed by atoms with E-state index in [1.54, 1.807) is 12.1 Å². The average Bonchev–Trinajstić information content (AvgIpc) is 2.43. The predicted octanol–water partition coefficient (Wildman–Crippen LogP) is 3.41. The summed E-state index contributed by atoms with van der Waals surface area (Å²) in [6, 6.07) is 5.41. The maximum absolute atomic E-state index is 12.3. The van der Waals surface area contributed by atoms with Crippen LogP contribution in [0.15, 0.2) is 18.2 Å². The van der Waals surface area contributed by atoms with Gasteiger partial charge in [-0.15, -0.1) is 0 Å². The average molecular weight is 407 g/mol. The Hall–Kier alpha value is -0.330. The molecule has 0 spiro atoms. The van der Waals surface area contributed by atoms with E-state index in [-0.39, 0.29) is 11.3 Å². The molecule has 1 aliphatic heterocycles. The van der Waals surface area contributed by atoms with Crippen molar-refractivity contribution in [1.82, 2.24) is 10.2 Å². The molecule has 1 aromatic rings. The molecular weight excluding hydrogens is 387 g/mol. The van der Waals surface area contributed by atoms with Crippen molar-refractivity contribution in [3.8, 4) is 0 Å². The number of rotatable bonds is 3. The van der Waals surface area contributed by atoms with Gasteiger partial charge in [-0.2, -0.15) is 0 Å². The molecule has 0 unspecified atom stereocenters. The van der Waals surface area contributed by atoms with Crippen molar-refractivity contribution in [2.24, 2.45) is 5.41 Å². The van der Waals surface area contributed by atoms with Gasteiger partial charge in [0.2, 0.25) is 0 Å². The van der Waals surface area contributed by atoms with Crippen molar-refractivity contribution in [1.29, 1.82) is 0 Å². The van der Waals surface area contributed by atoms with Crippen molar-refractivity contribution in [2.45, 2.75) is 19.8 Å². The third-order valence-electron chi connectivity index (χ3n) is 4.04. The van der Waals surface area contributed by atoms with Gasteiger partial charge in [0.15, 0.2) is 0 Å². The first-order valence-corrected chi connectivity index (χ1v) is 8.27. The van der Waals surface area contributed by atoms with Gasteiger partial charge in [0, 0.05) is 15.1 Å². The summed E-state index contributed by atoms with van der Waals surface area (Å²) in [5.41, 5.74) is 0.862. The number of halogens is 2. The monoisotopic (exact) mass is 406 g/mol. The zero-order valence-electron chi connectivity index (χ0n) is 11.9. The highest BCUT2D eigenvalue weighted by Crippen LogP contribution is 2.29. The fraction of sp³-hybridized carbons (Fsp3) is 0.533. The molecule has 1 fully saturated rings. The molecule has 0 atom stereocenters. The summed E-state index contributed by atoms with van der Waals surface area (Å²) in [7, 11) is 2.15. The number of carbonyl (C=O) groups excluding carboxylic acids is 1. The Kier molecular flexibility index (Phi) is 5.31. The Labute approximate surface area is 139 Å². The van der Waals surface area contributed by atoms with Crippen LogP contribution in [0.25, 0.3) is 0 Å². The fourth-order valence-corrected chi connectivity index (χ4v) is 3.15. The van der Waals surface area contributed by atoms with Gasteiger partial charge < -0.3 is 10.2 Å². The molecule has 0 radical (unpaired) electrons. The number of carbonyl (C=O) groups is 1. The van der Waals surface area contributed by atoms with Crippen LogP contribution in [0.2, 0.25) is 5.02 Å². The standard InChI is InChI=1S/C15H20ClIN2O/c1-15(5-7-19(2)8-6-15)10-18-14(20)12-9-11(16)3-4-13(12)17/h3-4,9H,5-8,10H2,1-2H3,(H,18,20). The van der Waals surface area contributed by atoms with Gasteiger partial charge >= 0.3 is 0 Å². The van der Waals surface area contributed by atoms with E-state index in [0.29, 0.717) is 10.6 Å². The third-order valence-corrected chi connectivity index (χ3v) is 5.22. The van der Waals surface area contributed by atoms with E-state index in [2.05, 4.69) is 46.8 Å². The van der Waals surface area contributed by atoms with E-state index in [1.165, 1.54) is 0 Å². The van der Waals surface area contributed by atoms with Crippen molar-refractivity contribution in [3.63, 3.8) is 0 Å². The van der Waals surface area contributed by atoms with Crippen LogP contribution in [-0.4, -0.2) is 37.5 Å². The number of nitrogens with one attached hydrogen (secondary N) is 1. The highest BCUT2D eigenvalue weighted by molar-refractivity contribution is 14.1. The van der Waals surface area contributed by atoms with E-state index >= 15 is 0 Å². The largest absolute Gasteiger partial charge is 0.351 e. The van der Waals surface area contributed by atoms with Gasteiger partial charge in [-0.25, -0.2) is 0 Å². The Morgan fingerprint density at radius 1 is 1.45 bits per heavy atom. The lowest BCUT2D eigenvalue weighted by atomic mass is 9.80. The molecule has 1 saturated heterocycles. The molecule has 0 aromatic heterocycles. The highest BCUT2D eigenvalue weighted by atomic mass is 127. The van der Waals surface area contributed by atoms with Gasteiger partial charge in [0.05, 0.1) is 5.56 Å². The summed E-state index contributed by atoms with van der Waals surface area (Å²) in [6.45, 7) is 5.17. The molecule has 2 rings (SSSR count). The van der Waals surface area contributed by atoms with Crippen LogP contribution in [0, 0.1) is 8.99 Å². The van der Waals surface area contributed by atoms with Crippen LogP contribution in [0.3, 0.4) is 0 Å². The number of likely N-dealkylation sites (tertiary alicyclic amines) is 1. The second-order valence-electron chi connectivity index (χ2n) is 5.92. The van der Waals surface area contributed by atoms with Gasteiger partial charge in [0.1, 0.15) is 0 Å². The third kappa shape index (κ3) is 4.09. The summed E-state index contributed by atoms with van der Waals surface area (Å²) in [5.74, 6) is -0.0305. The Morgan fingerprint density at radius 3 is 2.75 bits per heavy atom. The summed E-state index contributed by atoms with van der Waals surface area (Å²) in [4.78, 5) is 14.6. The van der Waals surface area contributed by atoms with Crippen molar-refractivity contribution in [3.05, 3.63) is 32.4 Å². The summed E-state index contributed by atoms with van der Waals surface area (Å²) < 4.78 is 0.929. The minimum absolute atomic E-state index is 0.0305. The van der Waals surface area contributed by atoms with E-state index < -0.39 is 0 Å². The van der Waals surface area contributed by atoms with Crippen LogP contribution in [0.5, 0.6) is 0 Å². The molecule has 0 saturated carbocycles. The van der Waals surface area contributed by atoms with Crippen molar-refractivity contribution in [2.75, 3.05) is 26.7 Å². The summed E-state index contributed by atoms with van der Waals surface area (Å²) >= 11 is 8.13. The minimum Gasteiger partial charge on any atom is -0.351 e. The van der Waals surface area contributed by atoms with Crippen LogP contribution in [0.4, 0.5) is 0 Å². The Bertz CT molecular complexity index is 499. The van der Waals surface area contributed by atoms with E-state index in [9.17, 15) is 4.79 Å². The molecule has 0 bridgehead atoms. The zero-order chi connectivity index (χ0) is 14.8. The summed E-state index contributed by atoms with van der Waals surface area (Å²) in [6.07, 6.45) is 2.24.